The van der Waals surface area contributed by atoms with E-state index in [9.17, 15) is 8.42 Å². The zero-order valence-corrected chi connectivity index (χ0v) is 11.4. The summed E-state index contributed by atoms with van der Waals surface area (Å²) in [5.74, 6) is 0.632. The Balaban J connectivity index is 2.11. The predicted octanol–water partition coefficient (Wildman–Crippen LogP) is 1.75. The van der Waals surface area contributed by atoms with E-state index in [0.717, 1.165) is 5.56 Å². The molecule has 0 aromatic heterocycles. The number of allylic oxidation sites excluding steroid dienone is 1. The van der Waals surface area contributed by atoms with Gasteiger partial charge in [-0.2, -0.15) is 0 Å². The van der Waals surface area contributed by atoms with Crippen molar-refractivity contribution in [2.24, 2.45) is 0 Å². The standard InChI is InChI=1S/C13H17NO3S/c1-11-9-14(18(2,15)16)10-13(17-11)8-12-6-4-3-5-7-12/h3-7,9,13H,8,10H2,1-2H3. The Morgan fingerprint density at radius 3 is 2.61 bits per heavy atom. The second kappa shape index (κ2) is 5.02. The number of benzene rings is 1. The average Bonchev–Trinajstić information content (AvgIpc) is 2.28. The van der Waals surface area contributed by atoms with E-state index in [-0.39, 0.29) is 6.10 Å². The van der Waals surface area contributed by atoms with E-state index in [4.69, 9.17) is 4.74 Å². The lowest BCUT2D eigenvalue weighted by molar-refractivity contribution is 0.0830. The van der Waals surface area contributed by atoms with Gasteiger partial charge >= 0.3 is 0 Å². The fourth-order valence-corrected chi connectivity index (χ4v) is 2.78. The molecule has 0 aliphatic carbocycles. The second-order valence-corrected chi connectivity index (χ2v) is 6.44. The molecule has 1 aromatic carbocycles. The topological polar surface area (TPSA) is 46.6 Å². The number of hydrogen-bond acceptors (Lipinski definition) is 3. The first-order valence-electron chi connectivity index (χ1n) is 5.81. The Morgan fingerprint density at radius 1 is 1.33 bits per heavy atom. The van der Waals surface area contributed by atoms with Crippen LogP contribution in [0.2, 0.25) is 0 Å². The summed E-state index contributed by atoms with van der Waals surface area (Å²) in [5, 5.41) is 0. The maximum atomic E-state index is 11.6. The molecular weight excluding hydrogens is 250 g/mol. The predicted molar refractivity (Wildman–Crippen MR) is 70.3 cm³/mol. The molecule has 0 N–H and O–H groups in total. The van der Waals surface area contributed by atoms with Gasteiger partial charge in [0, 0.05) is 6.42 Å². The first kappa shape index (κ1) is 13.0. The van der Waals surface area contributed by atoms with Crippen molar-refractivity contribution in [3.8, 4) is 0 Å². The van der Waals surface area contributed by atoms with E-state index in [1.165, 1.54) is 16.8 Å². The smallest absolute Gasteiger partial charge is 0.231 e. The van der Waals surface area contributed by atoms with Crippen molar-refractivity contribution < 1.29 is 13.2 Å². The summed E-state index contributed by atoms with van der Waals surface area (Å²) < 4.78 is 30.1. The van der Waals surface area contributed by atoms with Gasteiger partial charge in [-0.1, -0.05) is 30.3 Å². The summed E-state index contributed by atoms with van der Waals surface area (Å²) >= 11 is 0. The lowest BCUT2D eigenvalue weighted by Crippen LogP contribution is -2.38. The maximum Gasteiger partial charge on any atom is 0.231 e. The molecule has 4 nitrogen and oxygen atoms in total. The Labute approximate surface area is 108 Å². The molecule has 1 aliphatic heterocycles. The lowest BCUT2D eigenvalue weighted by Gasteiger charge is -2.31. The molecule has 0 saturated heterocycles. The minimum Gasteiger partial charge on any atom is -0.491 e. The van der Waals surface area contributed by atoms with Crippen LogP contribution in [0.5, 0.6) is 0 Å². The number of hydrogen-bond donors (Lipinski definition) is 0. The van der Waals surface area contributed by atoms with Crippen LogP contribution in [0, 0.1) is 0 Å². The van der Waals surface area contributed by atoms with Crippen molar-refractivity contribution in [1.82, 2.24) is 4.31 Å². The van der Waals surface area contributed by atoms with Crippen molar-refractivity contribution in [2.45, 2.75) is 19.4 Å². The van der Waals surface area contributed by atoms with Gasteiger partial charge in [0.25, 0.3) is 0 Å². The normalized spacial score (nSPS) is 20.2. The van der Waals surface area contributed by atoms with Crippen LogP contribution in [0.15, 0.2) is 42.3 Å². The molecule has 18 heavy (non-hydrogen) atoms. The van der Waals surface area contributed by atoms with Gasteiger partial charge in [-0.15, -0.1) is 0 Å². The largest absolute Gasteiger partial charge is 0.491 e. The van der Waals surface area contributed by atoms with Crippen molar-refractivity contribution >= 4 is 10.0 Å². The molecule has 1 aliphatic rings. The van der Waals surface area contributed by atoms with Crippen LogP contribution in [0.3, 0.4) is 0 Å². The van der Waals surface area contributed by atoms with Crippen molar-refractivity contribution in [3.63, 3.8) is 0 Å². The molecule has 0 fully saturated rings. The minimum atomic E-state index is -3.21. The van der Waals surface area contributed by atoms with E-state index >= 15 is 0 Å². The van der Waals surface area contributed by atoms with Gasteiger partial charge in [-0.25, -0.2) is 8.42 Å². The number of ether oxygens (including phenoxy) is 1. The highest BCUT2D eigenvalue weighted by atomic mass is 32.2. The van der Waals surface area contributed by atoms with Crippen LogP contribution in [0.4, 0.5) is 0 Å². The molecule has 0 radical (unpaired) electrons. The molecule has 0 bridgehead atoms. The first-order chi connectivity index (χ1) is 8.45. The molecule has 1 unspecified atom stereocenters. The Kier molecular flexibility index (Phi) is 3.61. The molecule has 1 heterocycles. The molecule has 0 saturated carbocycles. The highest BCUT2D eigenvalue weighted by molar-refractivity contribution is 7.88. The van der Waals surface area contributed by atoms with E-state index < -0.39 is 10.0 Å². The van der Waals surface area contributed by atoms with Gasteiger partial charge < -0.3 is 4.74 Å². The van der Waals surface area contributed by atoms with Crippen molar-refractivity contribution in [1.29, 1.82) is 0 Å². The SMILES string of the molecule is CC1=CN(S(C)(=O)=O)CC(Cc2ccccc2)O1. The van der Waals surface area contributed by atoms with Gasteiger partial charge in [0.1, 0.15) is 11.9 Å². The molecule has 0 spiro atoms. The zero-order valence-electron chi connectivity index (χ0n) is 10.5. The van der Waals surface area contributed by atoms with Crippen LogP contribution in [0.1, 0.15) is 12.5 Å². The summed E-state index contributed by atoms with van der Waals surface area (Å²) in [6.07, 6.45) is 3.32. The summed E-state index contributed by atoms with van der Waals surface area (Å²) in [4.78, 5) is 0. The average molecular weight is 267 g/mol. The maximum absolute atomic E-state index is 11.6. The van der Waals surface area contributed by atoms with Crippen LogP contribution in [0.25, 0.3) is 0 Å². The van der Waals surface area contributed by atoms with E-state index in [1.54, 1.807) is 6.92 Å². The zero-order chi connectivity index (χ0) is 13.2. The van der Waals surface area contributed by atoms with Crippen LogP contribution < -0.4 is 0 Å². The highest BCUT2D eigenvalue weighted by Gasteiger charge is 2.25. The second-order valence-electron chi connectivity index (χ2n) is 4.50. The fraction of sp³-hybridized carbons (Fsp3) is 0.385. The Hall–Kier alpha value is -1.49. The number of rotatable bonds is 3. The van der Waals surface area contributed by atoms with Crippen molar-refractivity contribution in [3.05, 3.63) is 47.9 Å². The fourth-order valence-electron chi connectivity index (χ4n) is 2.00. The summed E-state index contributed by atoms with van der Waals surface area (Å²) in [6, 6.07) is 9.92. The molecule has 2 rings (SSSR count). The van der Waals surface area contributed by atoms with Gasteiger partial charge in [0.05, 0.1) is 19.0 Å². The summed E-state index contributed by atoms with van der Waals surface area (Å²) in [5.41, 5.74) is 1.14. The Bertz CT molecular complexity index is 537. The summed E-state index contributed by atoms with van der Waals surface area (Å²) in [7, 11) is -3.21. The van der Waals surface area contributed by atoms with Gasteiger partial charge in [-0.3, -0.25) is 4.31 Å². The molecular formula is C13H17NO3S. The number of nitrogens with zero attached hydrogens (tertiary/aromatic N) is 1. The quantitative estimate of drug-likeness (QED) is 0.838. The van der Waals surface area contributed by atoms with Crippen LogP contribution in [-0.4, -0.2) is 31.6 Å². The molecule has 1 aromatic rings. The van der Waals surface area contributed by atoms with Crippen molar-refractivity contribution in [2.75, 3.05) is 12.8 Å². The first-order valence-corrected chi connectivity index (χ1v) is 7.66. The third-order valence-corrected chi connectivity index (χ3v) is 3.90. The molecule has 0 amide bonds. The van der Waals surface area contributed by atoms with E-state index in [0.29, 0.717) is 18.7 Å². The third kappa shape index (κ3) is 3.26. The Morgan fingerprint density at radius 2 is 2.00 bits per heavy atom. The van der Waals surface area contributed by atoms with Gasteiger partial charge in [0.15, 0.2) is 0 Å². The monoisotopic (exact) mass is 267 g/mol. The van der Waals surface area contributed by atoms with E-state index in [2.05, 4.69) is 0 Å². The molecule has 5 heteroatoms. The summed E-state index contributed by atoms with van der Waals surface area (Å²) in [6.45, 7) is 2.14. The van der Waals surface area contributed by atoms with Crippen LogP contribution >= 0.6 is 0 Å². The third-order valence-electron chi connectivity index (χ3n) is 2.79. The van der Waals surface area contributed by atoms with Crippen LogP contribution in [-0.2, 0) is 21.2 Å². The number of sulfonamides is 1. The lowest BCUT2D eigenvalue weighted by atomic mass is 10.1. The molecule has 1 atom stereocenters. The highest BCUT2D eigenvalue weighted by Crippen LogP contribution is 2.18. The minimum absolute atomic E-state index is 0.132. The van der Waals surface area contributed by atoms with Gasteiger partial charge in [0.2, 0.25) is 10.0 Å². The van der Waals surface area contributed by atoms with Gasteiger partial charge in [-0.05, 0) is 12.5 Å². The molecule has 98 valence electrons. The van der Waals surface area contributed by atoms with E-state index in [1.807, 2.05) is 30.3 Å².